The molecular weight excluding hydrogens is 679 g/mol. The van der Waals surface area contributed by atoms with Gasteiger partial charge in [-0.3, -0.25) is 0 Å². The second-order valence-electron chi connectivity index (χ2n) is 18.6. The molecule has 0 saturated heterocycles. The van der Waals surface area contributed by atoms with Gasteiger partial charge < -0.3 is 9.32 Å². The number of furan rings is 1. The minimum absolute atomic E-state index is 0.0999. The van der Waals surface area contributed by atoms with E-state index in [1.807, 2.05) is 0 Å². The van der Waals surface area contributed by atoms with Crippen molar-refractivity contribution in [1.82, 2.24) is 0 Å². The van der Waals surface area contributed by atoms with E-state index in [-0.39, 0.29) is 10.8 Å². The molecule has 0 N–H and O–H groups in total. The molecule has 0 atom stereocenters. The Labute approximate surface area is 332 Å². The molecule has 11 rings (SSSR count). The van der Waals surface area contributed by atoms with Gasteiger partial charge in [0.15, 0.2) is 0 Å². The van der Waals surface area contributed by atoms with E-state index < -0.39 is 0 Å². The summed E-state index contributed by atoms with van der Waals surface area (Å²) in [4.78, 5) is 2.48. The Kier molecular flexibility index (Phi) is 7.77. The highest BCUT2D eigenvalue weighted by atomic mass is 16.3. The van der Waals surface area contributed by atoms with Gasteiger partial charge in [0.25, 0.3) is 0 Å². The van der Waals surface area contributed by atoms with Crippen LogP contribution in [0.15, 0.2) is 120 Å². The van der Waals surface area contributed by atoms with E-state index in [0.29, 0.717) is 11.8 Å². The Morgan fingerprint density at radius 1 is 0.429 bits per heavy atom. The van der Waals surface area contributed by atoms with E-state index in [1.165, 1.54) is 131 Å². The number of rotatable bonds is 5. The minimum atomic E-state index is -0.0999. The maximum atomic E-state index is 6.51. The largest absolute Gasteiger partial charge is 0.456 e. The third kappa shape index (κ3) is 5.20. The molecule has 2 heteroatoms. The summed E-state index contributed by atoms with van der Waals surface area (Å²) >= 11 is 0. The highest BCUT2D eigenvalue weighted by Gasteiger charge is 2.39. The summed E-state index contributed by atoms with van der Waals surface area (Å²) in [6, 6.07) is 44.5. The van der Waals surface area contributed by atoms with Crippen molar-refractivity contribution >= 4 is 39.0 Å². The summed E-state index contributed by atoms with van der Waals surface area (Å²) in [5.74, 6) is 1.39. The van der Waals surface area contributed by atoms with Crippen LogP contribution < -0.4 is 4.90 Å². The van der Waals surface area contributed by atoms with E-state index in [9.17, 15) is 0 Å². The minimum Gasteiger partial charge on any atom is -0.456 e. The summed E-state index contributed by atoms with van der Waals surface area (Å²) < 4.78 is 6.51. The van der Waals surface area contributed by atoms with Crippen LogP contribution in [-0.4, -0.2) is 0 Å². The van der Waals surface area contributed by atoms with E-state index in [1.54, 1.807) is 0 Å². The molecule has 0 unspecified atom stereocenters. The molecule has 2 saturated carbocycles. The first kappa shape index (κ1) is 34.2. The number of para-hydroxylation sites is 1. The summed E-state index contributed by atoms with van der Waals surface area (Å²) in [7, 11) is 0. The van der Waals surface area contributed by atoms with Crippen molar-refractivity contribution in [2.45, 2.75) is 115 Å². The van der Waals surface area contributed by atoms with Crippen LogP contribution in [0.5, 0.6) is 0 Å². The zero-order valence-corrected chi connectivity index (χ0v) is 33.6. The van der Waals surface area contributed by atoms with E-state index in [4.69, 9.17) is 4.42 Å². The SMILES string of the molecule is CC1(C)c2cc(C3CCCCC3)ccc2-c2ccc(N(c3ccc4c(c3)C(C)(C)c3cc(C5CCCCC5)ccc3-4)c3ccc4c(c3)oc3ccccc34)cc21. The molecule has 56 heavy (non-hydrogen) atoms. The van der Waals surface area contributed by atoms with Crippen molar-refractivity contribution in [3.63, 3.8) is 0 Å². The summed E-state index contributed by atoms with van der Waals surface area (Å²) in [5.41, 5.74) is 19.5. The normalized spacial score (nSPS) is 18.5. The zero-order chi connectivity index (χ0) is 37.8. The third-order valence-electron chi connectivity index (χ3n) is 14.7. The highest BCUT2D eigenvalue weighted by Crippen LogP contribution is 2.54. The first-order chi connectivity index (χ1) is 27.3. The van der Waals surface area contributed by atoms with Gasteiger partial charge in [0.05, 0.1) is 0 Å². The molecular formula is C54H53NO. The molecule has 1 aromatic heterocycles. The molecule has 280 valence electrons. The molecule has 0 amide bonds. The third-order valence-corrected chi connectivity index (χ3v) is 14.7. The van der Waals surface area contributed by atoms with Crippen LogP contribution in [0.1, 0.15) is 137 Å². The van der Waals surface area contributed by atoms with Crippen LogP contribution in [0, 0.1) is 0 Å². The van der Waals surface area contributed by atoms with E-state index >= 15 is 0 Å². The van der Waals surface area contributed by atoms with Gasteiger partial charge in [0.2, 0.25) is 0 Å². The number of anilines is 3. The van der Waals surface area contributed by atoms with Crippen LogP contribution in [-0.2, 0) is 10.8 Å². The van der Waals surface area contributed by atoms with Gasteiger partial charge in [0.1, 0.15) is 11.2 Å². The Balaban J connectivity index is 1.04. The maximum absolute atomic E-state index is 6.51. The quantitative estimate of drug-likeness (QED) is 0.175. The monoisotopic (exact) mass is 731 g/mol. The van der Waals surface area contributed by atoms with Crippen molar-refractivity contribution in [3.05, 3.63) is 149 Å². The van der Waals surface area contributed by atoms with Crippen LogP contribution in [0.2, 0.25) is 0 Å². The number of hydrogen-bond donors (Lipinski definition) is 0. The van der Waals surface area contributed by atoms with Crippen LogP contribution in [0.3, 0.4) is 0 Å². The molecule has 0 aliphatic heterocycles. The van der Waals surface area contributed by atoms with Gasteiger partial charge in [-0.15, -0.1) is 0 Å². The summed E-state index contributed by atoms with van der Waals surface area (Å²) in [6.07, 6.45) is 13.5. The molecule has 6 aromatic carbocycles. The summed E-state index contributed by atoms with van der Waals surface area (Å²) in [6.45, 7) is 9.75. The van der Waals surface area contributed by atoms with Crippen molar-refractivity contribution < 1.29 is 4.42 Å². The molecule has 0 radical (unpaired) electrons. The lowest BCUT2D eigenvalue weighted by Gasteiger charge is -2.30. The van der Waals surface area contributed by atoms with Crippen LogP contribution in [0.4, 0.5) is 17.1 Å². The lowest BCUT2D eigenvalue weighted by atomic mass is 9.78. The molecule has 0 spiro atoms. The lowest BCUT2D eigenvalue weighted by Crippen LogP contribution is -2.18. The Hall–Kier alpha value is -5.08. The fourth-order valence-corrected chi connectivity index (χ4v) is 11.4. The van der Waals surface area contributed by atoms with Gasteiger partial charge in [-0.1, -0.05) is 133 Å². The van der Waals surface area contributed by atoms with E-state index in [0.717, 1.165) is 27.6 Å². The average molecular weight is 732 g/mol. The fraction of sp³-hybridized carbons (Fsp3) is 0.333. The van der Waals surface area contributed by atoms with Gasteiger partial charge in [-0.05, 0) is 136 Å². The van der Waals surface area contributed by atoms with Crippen LogP contribution in [0.25, 0.3) is 44.2 Å². The molecule has 7 aromatic rings. The molecule has 4 aliphatic carbocycles. The van der Waals surface area contributed by atoms with Crippen molar-refractivity contribution in [2.75, 3.05) is 4.90 Å². The fourth-order valence-electron chi connectivity index (χ4n) is 11.4. The number of fused-ring (bicyclic) bond motifs is 9. The Morgan fingerprint density at radius 2 is 0.857 bits per heavy atom. The molecule has 2 fully saturated rings. The van der Waals surface area contributed by atoms with Crippen molar-refractivity contribution in [2.24, 2.45) is 0 Å². The van der Waals surface area contributed by atoms with Gasteiger partial charge in [0, 0.05) is 44.7 Å². The highest BCUT2D eigenvalue weighted by molar-refractivity contribution is 6.06. The Morgan fingerprint density at radius 3 is 1.39 bits per heavy atom. The van der Waals surface area contributed by atoms with Gasteiger partial charge in [-0.2, -0.15) is 0 Å². The first-order valence-corrected chi connectivity index (χ1v) is 21.6. The molecule has 0 bridgehead atoms. The predicted octanol–water partition coefficient (Wildman–Crippen LogP) is 15.8. The van der Waals surface area contributed by atoms with Crippen LogP contribution >= 0.6 is 0 Å². The Bertz CT molecular complexity index is 2550. The first-order valence-electron chi connectivity index (χ1n) is 21.6. The number of nitrogens with zero attached hydrogens (tertiary/aromatic N) is 1. The molecule has 4 aliphatic rings. The van der Waals surface area contributed by atoms with Crippen molar-refractivity contribution in [1.29, 1.82) is 0 Å². The second kappa shape index (κ2) is 12.7. The predicted molar refractivity (Wildman–Crippen MR) is 235 cm³/mol. The zero-order valence-electron chi connectivity index (χ0n) is 33.6. The average Bonchev–Trinajstić information content (AvgIpc) is 3.80. The lowest BCUT2D eigenvalue weighted by molar-refractivity contribution is 0.443. The summed E-state index contributed by atoms with van der Waals surface area (Å²) in [5, 5.41) is 2.32. The van der Waals surface area contributed by atoms with Crippen molar-refractivity contribution in [3.8, 4) is 22.3 Å². The number of benzene rings is 6. The van der Waals surface area contributed by atoms with Gasteiger partial charge in [-0.25, -0.2) is 0 Å². The standard InChI is InChI=1S/C54H53NO/c1-53(2)47-29-36(34-13-7-5-8-14-34)19-24-41(47)43-26-21-38(31-49(43)53)55(40-23-28-46-45-17-11-12-18-51(45)56-52(46)33-40)39-22-27-44-42-25-20-37(35-15-9-6-10-16-35)30-48(42)54(3,4)50(44)32-39/h11-12,17-35H,5-10,13-16H2,1-4H3. The van der Waals surface area contributed by atoms with Gasteiger partial charge >= 0.3 is 0 Å². The molecule has 2 nitrogen and oxygen atoms in total. The maximum Gasteiger partial charge on any atom is 0.137 e. The van der Waals surface area contributed by atoms with E-state index in [2.05, 4.69) is 148 Å². The second-order valence-corrected chi connectivity index (χ2v) is 18.6. The molecule has 1 heterocycles. The topological polar surface area (TPSA) is 16.4 Å². The smallest absolute Gasteiger partial charge is 0.137 e. The number of hydrogen-bond acceptors (Lipinski definition) is 2.